The molecular formula is C28H50N8O15. The van der Waals surface area contributed by atoms with E-state index < -0.39 is 91.7 Å². The number of ether oxygens (including phenoxy) is 10. The minimum absolute atomic E-state index is 0.0649. The topological polar surface area (TPSA) is 343 Å². The van der Waals surface area contributed by atoms with Gasteiger partial charge in [-0.1, -0.05) is 10.2 Å². The molecule has 23 nitrogen and oxygen atoms in total. The van der Waals surface area contributed by atoms with Crippen molar-refractivity contribution in [2.75, 3.05) is 79.2 Å². The predicted octanol–water partition coefficient (Wildman–Crippen LogP) is -3.46. The molecule has 0 aromatic rings. The zero-order valence-corrected chi connectivity index (χ0v) is 28.0. The second-order valence-corrected chi connectivity index (χ2v) is 12.2. The fourth-order valence-electron chi connectivity index (χ4n) is 6.13. The first kappa shape index (κ1) is 41.7. The fourth-order valence-corrected chi connectivity index (χ4v) is 6.13. The first-order valence-electron chi connectivity index (χ1n) is 16.8. The molecule has 0 bridgehead atoms. The summed E-state index contributed by atoms with van der Waals surface area (Å²) in [6.45, 7) is 2.60. The number of nitrogens with two attached hydrogens (primary N) is 2. The van der Waals surface area contributed by atoms with Crippen molar-refractivity contribution in [3.63, 3.8) is 0 Å². The van der Waals surface area contributed by atoms with E-state index in [4.69, 9.17) is 58.8 Å². The third-order valence-corrected chi connectivity index (χ3v) is 8.83. The molecule has 292 valence electrons. The van der Waals surface area contributed by atoms with Crippen LogP contribution in [-0.2, 0) is 47.4 Å². The van der Waals surface area contributed by atoms with E-state index in [0.717, 1.165) is 0 Å². The van der Waals surface area contributed by atoms with E-state index in [1.807, 2.05) is 0 Å². The summed E-state index contributed by atoms with van der Waals surface area (Å²) in [5.41, 5.74) is 30.7. The largest absolute Gasteiger partial charge is 0.388 e. The number of hydrogen-bond donors (Lipinski definition) is 7. The summed E-state index contributed by atoms with van der Waals surface area (Å²) in [6.07, 6.45) is -17.7. The normalized spacial score (nSPS) is 42.8. The average Bonchev–Trinajstić information content (AvgIpc) is 3.12. The smallest absolute Gasteiger partial charge is 0.187 e. The molecule has 3 saturated heterocycles. The lowest BCUT2D eigenvalue weighted by molar-refractivity contribution is -0.333. The minimum Gasteiger partial charge on any atom is -0.388 e. The Morgan fingerprint density at radius 1 is 0.627 bits per heavy atom. The summed E-state index contributed by atoms with van der Waals surface area (Å²) in [7, 11) is 0. The lowest BCUT2D eigenvalue weighted by atomic mass is 9.84. The van der Waals surface area contributed by atoms with Crippen LogP contribution in [0.15, 0.2) is 10.2 Å². The van der Waals surface area contributed by atoms with Crippen LogP contribution in [0.1, 0.15) is 6.42 Å². The van der Waals surface area contributed by atoms with Gasteiger partial charge in [-0.2, -0.15) is 0 Å². The van der Waals surface area contributed by atoms with E-state index in [1.54, 1.807) is 0 Å². The van der Waals surface area contributed by atoms with Crippen LogP contribution in [0.3, 0.4) is 0 Å². The Hall–Kier alpha value is -2.06. The van der Waals surface area contributed by atoms with Crippen molar-refractivity contribution in [3.8, 4) is 0 Å². The highest BCUT2D eigenvalue weighted by atomic mass is 16.7. The van der Waals surface area contributed by atoms with Crippen LogP contribution in [0, 0.1) is 0 Å². The number of azide groups is 2. The SMILES string of the molecule is [N-]=[N+]=NC1C[C@@H](N=[N+]=[N-])C(OC2O[C@@H]3COCCOCCOCCOCCOCCO[C@H]3C(N)[C@H]2O)[C@@H](O)[C@@H]1O[C@H]1OC(CN)[C@@H](O)[C@H](O)C1O. The second-order valence-electron chi connectivity index (χ2n) is 12.2. The Balaban J connectivity index is 1.50. The number of aliphatic hydroxyl groups is 5. The highest BCUT2D eigenvalue weighted by molar-refractivity contribution is 5.04. The molecule has 0 aromatic heterocycles. The molecule has 4 fully saturated rings. The molecule has 51 heavy (non-hydrogen) atoms. The van der Waals surface area contributed by atoms with Gasteiger partial charge in [0.2, 0.25) is 0 Å². The molecule has 0 amide bonds. The maximum Gasteiger partial charge on any atom is 0.187 e. The van der Waals surface area contributed by atoms with Crippen LogP contribution >= 0.6 is 0 Å². The van der Waals surface area contributed by atoms with Crippen LogP contribution in [0.2, 0.25) is 0 Å². The summed E-state index contributed by atoms with van der Waals surface area (Å²) < 4.78 is 57.3. The van der Waals surface area contributed by atoms with Crippen molar-refractivity contribution >= 4 is 0 Å². The Bertz CT molecular complexity index is 1120. The maximum atomic E-state index is 11.6. The molecule has 15 atom stereocenters. The van der Waals surface area contributed by atoms with Gasteiger partial charge in [-0.15, -0.1) is 0 Å². The Kier molecular flexibility index (Phi) is 17.7. The van der Waals surface area contributed by atoms with Gasteiger partial charge in [0, 0.05) is 16.4 Å². The molecule has 23 heteroatoms. The zero-order valence-electron chi connectivity index (χ0n) is 28.0. The summed E-state index contributed by atoms with van der Waals surface area (Å²) in [6, 6.07) is -3.48. The minimum atomic E-state index is -1.80. The Morgan fingerprint density at radius 3 is 1.63 bits per heavy atom. The van der Waals surface area contributed by atoms with E-state index in [0.29, 0.717) is 39.6 Å². The van der Waals surface area contributed by atoms with Gasteiger partial charge in [-0.3, -0.25) is 0 Å². The molecule has 1 saturated carbocycles. The zero-order chi connectivity index (χ0) is 36.8. The van der Waals surface area contributed by atoms with Gasteiger partial charge >= 0.3 is 0 Å². The van der Waals surface area contributed by atoms with Crippen molar-refractivity contribution in [1.82, 2.24) is 0 Å². The third kappa shape index (κ3) is 11.5. The molecule has 9 N–H and O–H groups in total. The van der Waals surface area contributed by atoms with Crippen LogP contribution in [0.4, 0.5) is 0 Å². The Labute approximate surface area is 293 Å². The van der Waals surface area contributed by atoms with E-state index in [2.05, 4.69) is 20.1 Å². The number of nitrogens with zero attached hydrogens (tertiary/aromatic N) is 6. The number of rotatable bonds is 7. The summed E-state index contributed by atoms with van der Waals surface area (Å²) in [5.74, 6) is 0. The lowest BCUT2D eigenvalue weighted by Crippen LogP contribution is -2.66. The van der Waals surface area contributed by atoms with Crippen molar-refractivity contribution < 1.29 is 72.9 Å². The fraction of sp³-hybridized carbons (Fsp3) is 1.00. The number of hydrogen-bond acceptors (Lipinski definition) is 19. The quantitative estimate of drug-likeness (QED) is 0.0758. The van der Waals surface area contributed by atoms with E-state index in [9.17, 15) is 36.6 Å². The van der Waals surface area contributed by atoms with Gasteiger partial charge < -0.3 is 84.4 Å². The summed E-state index contributed by atoms with van der Waals surface area (Å²) in [5, 5.41) is 61.4. The first-order valence-corrected chi connectivity index (χ1v) is 16.8. The molecule has 0 aromatic carbocycles. The van der Waals surface area contributed by atoms with Crippen LogP contribution in [-0.4, -0.2) is 196 Å². The maximum absolute atomic E-state index is 11.6. The predicted molar refractivity (Wildman–Crippen MR) is 168 cm³/mol. The van der Waals surface area contributed by atoms with Crippen molar-refractivity contribution in [3.05, 3.63) is 20.9 Å². The molecule has 3 heterocycles. The van der Waals surface area contributed by atoms with Gasteiger partial charge in [0.15, 0.2) is 12.6 Å². The Morgan fingerprint density at radius 2 is 1.12 bits per heavy atom. The van der Waals surface area contributed by atoms with E-state index in [1.165, 1.54) is 0 Å². The van der Waals surface area contributed by atoms with Crippen molar-refractivity contribution in [2.45, 2.75) is 98.2 Å². The molecule has 6 unspecified atom stereocenters. The molecule has 4 rings (SSSR count). The monoisotopic (exact) mass is 738 g/mol. The van der Waals surface area contributed by atoms with Crippen LogP contribution < -0.4 is 11.5 Å². The third-order valence-electron chi connectivity index (χ3n) is 8.83. The molecule has 4 aliphatic rings. The van der Waals surface area contributed by atoms with Gasteiger partial charge in [-0.05, 0) is 17.5 Å². The van der Waals surface area contributed by atoms with Gasteiger partial charge in [-0.25, -0.2) is 0 Å². The molecule has 0 radical (unpaired) electrons. The average molecular weight is 739 g/mol. The number of fused-ring (bicyclic) bond motifs is 1. The number of aliphatic hydroxyl groups excluding tert-OH is 5. The summed E-state index contributed by atoms with van der Waals surface area (Å²) in [4.78, 5) is 5.64. The van der Waals surface area contributed by atoms with Crippen molar-refractivity contribution in [2.24, 2.45) is 21.7 Å². The van der Waals surface area contributed by atoms with Gasteiger partial charge in [0.25, 0.3) is 0 Å². The van der Waals surface area contributed by atoms with Gasteiger partial charge in [0.05, 0.1) is 103 Å². The van der Waals surface area contributed by atoms with Gasteiger partial charge in [0.1, 0.15) is 48.8 Å². The second kappa shape index (κ2) is 21.6. The summed E-state index contributed by atoms with van der Waals surface area (Å²) >= 11 is 0. The standard InChI is InChI=1S/C28H50N8O15/c29-12-16-19(37)21(39)22(40)28(48-16)51-25-15(34-36-32)11-14(33-35-31)24(23(25)41)50-27-20(38)18(30)26-17(49-27)13-46-8-7-44-4-3-42-1-2-43-5-6-45-9-10-47-26/h14-28,37-41H,1-13,29-30H2/t14-,15?,16?,17-,18?,19-,20-,21+,22?,23-,24?,25-,26-,27?,28-/m1/s1. The first-order chi connectivity index (χ1) is 24.7. The van der Waals surface area contributed by atoms with E-state index >= 15 is 0 Å². The highest BCUT2D eigenvalue weighted by Crippen LogP contribution is 2.35. The van der Waals surface area contributed by atoms with Crippen LogP contribution in [0.25, 0.3) is 20.9 Å². The molecule has 1 aliphatic carbocycles. The highest BCUT2D eigenvalue weighted by Gasteiger charge is 2.53. The van der Waals surface area contributed by atoms with E-state index in [-0.39, 0.29) is 46.0 Å². The molecule has 3 aliphatic heterocycles. The molecule has 0 spiro atoms. The van der Waals surface area contributed by atoms with Crippen LogP contribution in [0.5, 0.6) is 0 Å². The molecular weight excluding hydrogens is 688 g/mol. The lowest BCUT2D eigenvalue weighted by Gasteiger charge is -2.48. The van der Waals surface area contributed by atoms with Crippen molar-refractivity contribution in [1.29, 1.82) is 0 Å².